The van der Waals surface area contributed by atoms with E-state index < -0.39 is 0 Å². The zero-order valence-electron chi connectivity index (χ0n) is 20.8. The second-order valence-corrected chi connectivity index (χ2v) is 10.3. The Morgan fingerprint density at radius 3 is 1.43 bits per heavy atom. The summed E-state index contributed by atoms with van der Waals surface area (Å²) < 4.78 is 0. The topological polar surface area (TPSA) is 17.1 Å². The predicted molar refractivity (Wildman–Crippen MR) is 130 cm³/mol. The maximum Gasteiger partial charge on any atom is 0.167 e. The smallest absolute Gasteiger partial charge is 0.167 e. The van der Waals surface area contributed by atoms with Gasteiger partial charge in [-0.05, 0) is 81.2 Å². The summed E-state index contributed by atoms with van der Waals surface area (Å²) in [5.74, 6) is 2.21. The molecule has 0 saturated heterocycles. The summed E-state index contributed by atoms with van der Waals surface area (Å²) in [6.45, 7) is 22.1. The molecule has 0 amide bonds. The average molecular weight is 406 g/mol. The molecule has 30 heavy (non-hydrogen) atoms. The SMILES string of the molecule is CC(C)c1[c]c(C(C)C)cc(C(=O)Cc2c(C(C)C)cc(C(C)C)cc2C(C)C)c1. The highest BCUT2D eigenvalue weighted by molar-refractivity contribution is 5.98. The Kier molecular flexibility index (Phi) is 8.08. The number of hydrogen-bond acceptors (Lipinski definition) is 1. The van der Waals surface area contributed by atoms with Crippen molar-refractivity contribution < 1.29 is 4.79 Å². The lowest BCUT2D eigenvalue weighted by atomic mass is 9.82. The second-order valence-electron chi connectivity index (χ2n) is 10.3. The first-order valence-corrected chi connectivity index (χ1v) is 11.7. The molecular formula is C29H41O. The first-order chi connectivity index (χ1) is 13.9. The highest BCUT2D eigenvalue weighted by Gasteiger charge is 2.21. The molecule has 0 aliphatic carbocycles. The summed E-state index contributed by atoms with van der Waals surface area (Å²) in [5.41, 5.74) is 8.36. The van der Waals surface area contributed by atoms with Gasteiger partial charge in [-0.2, -0.15) is 0 Å². The van der Waals surface area contributed by atoms with Gasteiger partial charge in [0.25, 0.3) is 0 Å². The summed E-state index contributed by atoms with van der Waals surface area (Å²) in [6, 6.07) is 12.3. The van der Waals surface area contributed by atoms with Gasteiger partial charge >= 0.3 is 0 Å². The summed E-state index contributed by atoms with van der Waals surface area (Å²) >= 11 is 0. The largest absolute Gasteiger partial charge is 0.294 e. The summed E-state index contributed by atoms with van der Waals surface area (Å²) in [4.78, 5) is 13.5. The van der Waals surface area contributed by atoms with Crippen molar-refractivity contribution in [1.29, 1.82) is 0 Å². The standard InChI is InChI=1S/C29H41O/c1-17(2)22-11-23(18(3)4)13-25(12-22)29(30)16-28-26(20(7)8)14-24(19(5)6)15-27(28)21(9)10/h12-15,17-21H,16H2,1-10H3. The Hall–Kier alpha value is -1.89. The number of hydrogen-bond donors (Lipinski definition) is 0. The zero-order chi connectivity index (χ0) is 22.7. The van der Waals surface area contributed by atoms with E-state index >= 15 is 0 Å². The van der Waals surface area contributed by atoms with Crippen LogP contribution in [0, 0.1) is 6.07 Å². The minimum absolute atomic E-state index is 0.217. The van der Waals surface area contributed by atoms with Crippen LogP contribution in [0.1, 0.15) is 143 Å². The van der Waals surface area contributed by atoms with Crippen LogP contribution >= 0.6 is 0 Å². The van der Waals surface area contributed by atoms with Crippen molar-refractivity contribution in [2.45, 2.75) is 105 Å². The van der Waals surface area contributed by atoms with E-state index in [2.05, 4.69) is 99.6 Å². The molecule has 1 nitrogen and oxygen atoms in total. The maximum atomic E-state index is 13.5. The molecule has 0 N–H and O–H groups in total. The molecule has 2 aromatic rings. The molecular weight excluding hydrogens is 364 g/mol. The van der Waals surface area contributed by atoms with E-state index in [0.29, 0.717) is 36.0 Å². The van der Waals surface area contributed by atoms with Gasteiger partial charge in [0, 0.05) is 12.0 Å². The minimum atomic E-state index is 0.217. The fraction of sp³-hybridized carbons (Fsp3) is 0.552. The molecule has 2 rings (SSSR count). The lowest BCUT2D eigenvalue weighted by molar-refractivity contribution is 0.0992. The van der Waals surface area contributed by atoms with Gasteiger partial charge in [-0.3, -0.25) is 4.79 Å². The molecule has 163 valence electrons. The third-order valence-corrected chi connectivity index (χ3v) is 6.07. The number of carbonyl (C=O) groups is 1. The highest BCUT2D eigenvalue weighted by Crippen LogP contribution is 2.33. The molecule has 0 spiro atoms. The van der Waals surface area contributed by atoms with Gasteiger partial charge in [-0.1, -0.05) is 81.4 Å². The monoisotopic (exact) mass is 405 g/mol. The maximum absolute atomic E-state index is 13.5. The Morgan fingerprint density at radius 2 is 1.10 bits per heavy atom. The molecule has 0 bridgehead atoms. The Morgan fingerprint density at radius 1 is 0.667 bits per heavy atom. The van der Waals surface area contributed by atoms with Crippen molar-refractivity contribution in [2.75, 3.05) is 0 Å². The number of Topliss-reactive ketones (excluding diaryl/α,β-unsaturated/α-hetero) is 1. The van der Waals surface area contributed by atoms with Crippen molar-refractivity contribution in [3.8, 4) is 0 Å². The van der Waals surface area contributed by atoms with Crippen molar-refractivity contribution in [1.82, 2.24) is 0 Å². The Balaban J connectivity index is 2.58. The highest BCUT2D eigenvalue weighted by atomic mass is 16.1. The molecule has 1 heteroatoms. The fourth-order valence-electron chi connectivity index (χ4n) is 3.97. The molecule has 1 radical (unpaired) electrons. The first kappa shape index (κ1) is 24.4. The van der Waals surface area contributed by atoms with Crippen molar-refractivity contribution in [2.24, 2.45) is 0 Å². The van der Waals surface area contributed by atoms with Gasteiger partial charge in [-0.25, -0.2) is 0 Å². The molecule has 0 fully saturated rings. The van der Waals surface area contributed by atoms with Crippen molar-refractivity contribution in [3.05, 3.63) is 69.3 Å². The number of benzene rings is 2. The van der Waals surface area contributed by atoms with E-state index in [4.69, 9.17) is 0 Å². The Labute approximate surface area is 185 Å². The molecule has 2 aromatic carbocycles. The molecule has 0 atom stereocenters. The minimum Gasteiger partial charge on any atom is -0.294 e. The van der Waals surface area contributed by atoms with E-state index in [1.807, 2.05) is 0 Å². The summed E-state index contributed by atoms with van der Waals surface area (Å²) in [6.07, 6.45) is 0.471. The molecule has 0 aliphatic rings. The predicted octanol–water partition coefficient (Wildman–Crippen LogP) is 8.53. The van der Waals surface area contributed by atoms with Crippen LogP contribution in [-0.4, -0.2) is 5.78 Å². The summed E-state index contributed by atoms with van der Waals surface area (Å²) in [7, 11) is 0. The van der Waals surface area contributed by atoms with Gasteiger partial charge in [0.2, 0.25) is 0 Å². The Bertz CT molecular complexity index is 826. The first-order valence-electron chi connectivity index (χ1n) is 11.7. The van der Waals surface area contributed by atoms with Crippen LogP contribution in [-0.2, 0) is 6.42 Å². The van der Waals surface area contributed by atoms with Crippen LogP contribution in [0.15, 0.2) is 24.3 Å². The van der Waals surface area contributed by atoms with Crippen LogP contribution in [0.4, 0.5) is 0 Å². The van der Waals surface area contributed by atoms with E-state index in [1.54, 1.807) is 0 Å². The van der Waals surface area contributed by atoms with E-state index in [-0.39, 0.29) is 5.78 Å². The second kappa shape index (κ2) is 9.94. The van der Waals surface area contributed by atoms with Crippen molar-refractivity contribution >= 4 is 5.78 Å². The number of carbonyl (C=O) groups excluding carboxylic acids is 1. The lowest BCUT2D eigenvalue weighted by Gasteiger charge is -2.23. The molecule has 0 aromatic heterocycles. The average Bonchev–Trinajstić information content (AvgIpc) is 2.66. The number of rotatable bonds is 8. The molecule has 0 heterocycles. The fourth-order valence-corrected chi connectivity index (χ4v) is 3.97. The van der Waals surface area contributed by atoms with Gasteiger partial charge in [-0.15, -0.1) is 0 Å². The van der Waals surface area contributed by atoms with Crippen LogP contribution in [0.3, 0.4) is 0 Å². The van der Waals surface area contributed by atoms with E-state index in [0.717, 1.165) is 16.7 Å². The van der Waals surface area contributed by atoms with Gasteiger partial charge in [0.05, 0.1) is 0 Å². The zero-order valence-corrected chi connectivity index (χ0v) is 20.8. The third-order valence-electron chi connectivity index (χ3n) is 6.07. The van der Waals surface area contributed by atoms with Crippen LogP contribution in [0.2, 0.25) is 0 Å². The lowest BCUT2D eigenvalue weighted by Crippen LogP contribution is -2.13. The number of ketones is 1. The normalized spacial score (nSPS) is 12.1. The van der Waals surface area contributed by atoms with Crippen molar-refractivity contribution in [3.63, 3.8) is 0 Å². The van der Waals surface area contributed by atoms with Gasteiger partial charge in [0.1, 0.15) is 0 Å². The molecule has 0 unspecified atom stereocenters. The summed E-state index contributed by atoms with van der Waals surface area (Å²) in [5, 5.41) is 0. The van der Waals surface area contributed by atoms with Crippen LogP contribution in [0.25, 0.3) is 0 Å². The van der Waals surface area contributed by atoms with Gasteiger partial charge in [0.15, 0.2) is 5.78 Å². The van der Waals surface area contributed by atoms with E-state index in [9.17, 15) is 4.79 Å². The quantitative estimate of drug-likeness (QED) is 0.402. The van der Waals surface area contributed by atoms with Crippen LogP contribution < -0.4 is 0 Å². The van der Waals surface area contributed by atoms with Crippen LogP contribution in [0.5, 0.6) is 0 Å². The molecule has 0 saturated carbocycles. The molecule has 0 aliphatic heterocycles. The third kappa shape index (κ3) is 5.62. The van der Waals surface area contributed by atoms with Gasteiger partial charge < -0.3 is 0 Å². The van der Waals surface area contributed by atoms with E-state index in [1.165, 1.54) is 22.3 Å².